The summed E-state index contributed by atoms with van der Waals surface area (Å²) in [5, 5.41) is 4.76. The monoisotopic (exact) mass is 528 g/mol. The first-order chi connectivity index (χ1) is 16.3. The Morgan fingerprint density at radius 3 is 2.14 bits per heavy atom. The van der Waals surface area contributed by atoms with E-state index in [0.717, 1.165) is 18.2 Å². The number of amides is 2. The summed E-state index contributed by atoms with van der Waals surface area (Å²) in [5.41, 5.74) is -1.21. The molecule has 0 aliphatic heterocycles. The molecule has 184 valence electrons. The SMILES string of the molecule is O=C(NC(Cc1ccccc1)C(=O)Nc1ccc(S(=O)(=O)Cl)c(C(F)(F)F)c1)c1ccc(F)cc1. The maximum absolute atomic E-state index is 13.4. The van der Waals surface area contributed by atoms with Crippen LogP contribution in [0.3, 0.4) is 0 Å². The van der Waals surface area contributed by atoms with Crippen molar-refractivity contribution in [2.24, 2.45) is 0 Å². The van der Waals surface area contributed by atoms with Crippen molar-refractivity contribution in [3.8, 4) is 0 Å². The highest BCUT2D eigenvalue weighted by Gasteiger charge is 2.37. The summed E-state index contributed by atoms with van der Waals surface area (Å²) >= 11 is 0. The molecule has 2 N–H and O–H groups in total. The number of carbonyl (C=O) groups excluding carboxylic acids is 2. The minimum atomic E-state index is -5.07. The van der Waals surface area contributed by atoms with Crippen molar-refractivity contribution in [1.29, 1.82) is 0 Å². The Hall–Kier alpha value is -3.44. The topological polar surface area (TPSA) is 92.3 Å². The largest absolute Gasteiger partial charge is 0.417 e. The van der Waals surface area contributed by atoms with Crippen LogP contribution in [-0.2, 0) is 26.4 Å². The molecule has 0 fully saturated rings. The fourth-order valence-electron chi connectivity index (χ4n) is 3.17. The molecule has 0 aromatic heterocycles. The van der Waals surface area contributed by atoms with E-state index in [-0.39, 0.29) is 17.7 Å². The van der Waals surface area contributed by atoms with E-state index in [2.05, 4.69) is 10.6 Å². The lowest BCUT2D eigenvalue weighted by Gasteiger charge is -2.20. The zero-order valence-corrected chi connectivity index (χ0v) is 19.2. The van der Waals surface area contributed by atoms with E-state index in [1.807, 2.05) is 0 Å². The fourth-order valence-corrected chi connectivity index (χ4v) is 4.24. The van der Waals surface area contributed by atoms with Crippen molar-refractivity contribution in [2.45, 2.75) is 23.5 Å². The summed E-state index contributed by atoms with van der Waals surface area (Å²) in [6.45, 7) is 0. The third-order valence-electron chi connectivity index (χ3n) is 4.83. The van der Waals surface area contributed by atoms with Crippen LogP contribution in [-0.4, -0.2) is 26.3 Å². The number of nitrogens with one attached hydrogen (secondary N) is 2. The Balaban J connectivity index is 1.89. The predicted molar refractivity (Wildman–Crippen MR) is 121 cm³/mol. The van der Waals surface area contributed by atoms with Crippen LogP contribution in [0.15, 0.2) is 77.7 Å². The van der Waals surface area contributed by atoms with Gasteiger partial charge in [0.25, 0.3) is 15.0 Å². The second-order valence-electron chi connectivity index (χ2n) is 7.36. The highest BCUT2D eigenvalue weighted by Crippen LogP contribution is 2.37. The Labute approximate surface area is 202 Å². The van der Waals surface area contributed by atoms with Crippen molar-refractivity contribution in [2.75, 3.05) is 5.32 Å². The van der Waals surface area contributed by atoms with Gasteiger partial charge in [-0.2, -0.15) is 13.2 Å². The molecule has 0 heterocycles. The summed E-state index contributed by atoms with van der Waals surface area (Å²) in [4.78, 5) is 24.4. The van der Waals surface area contributed by atoms with E-state index in [1.54, 1.807) is 30.3 Å². The molecule has 3 aromatic carbocycles. The molecule has 35 heavy (non-hydrogen) atoms. The first-order valence-electron chi connectivity index (χ1n) is 9.92. The van der Waals surface area contributed by atoms with Gasteiger partial charge in [0.1, 0.15) is 11.9 Å². The first kappa shape index (κ1) is 26.2. The van der Waals surface area contributed by atoms with Gasteiger partial charge in [-0.25, -0.2) is 12.8 Å². The second kappa shape index (κ2) is 10.4. The van der Waals surface area contributed by atoms with E-state index < -0.39 is 49.4 Å². The molecule has 1 atom stereocenters. The average Bonchev–Trinajstić information content (AvgIpc) is 2.78. The van der Waals surface area contributed by atoms with E-state index in [9.17, 15) is 35.6 Å². The van der Waals surface area contributed by atoms with Crippen LogP contribution < -0.4 is 10.6 Å². The first-order valence-corrected chi connectivity index (χ1v) is 12.2. The molecule has 6 nitrogen and oxygen atoms in total. The van der Waals surface area contributed by atoms with Gasteiger partial charge in [0, 0.05) is 28.4 Å². The number of benzene rings is 3. The lowest BCUT2D eigenvalue weighted by atomic mass is 10.0. The number of halogens is 5. The smallest absolute Gasteiger partial charge is 0.340 e. The minimum absolute atomic E-state index is 0.0140. The third kappa shape index (κ3) is 7.03. The fraction of sp³-hybridized carbons (Fsp3) is 0.130. The van der Waals surface area contributed by atoms with E-state index in [4.69, 9.17) is 10.7 Å². The number of carbonyl (C=O) groups is 2. The molecule has 0 aliphatic carbocycles. The van der Waals surface area contributed by atoms with Gasteiger partial charge in [0.15, 0.2) is 0 Å². The predicted octanol–water partition coefficient (Wildman–Crippen LogP) is 4.75. The molecule has 0 spiro atoms. The zero-order chi connectivity index (χ0) is 25.8. The van der Waals surface area contributed by atoms with Gasteiger partial charge in [0.2, 0.25) is 5.91 Å². The van der Waals surface area contributed by atoms with Crippen LogP contribution in [0.5, 0.6) is 0 Å². The molecular formula is C23H17ClF4N2O4S. The Morgan fingerprint density at radius 1 is 0.943 bits per heavy atom. The average molecular weight is 529 g/mol. The van der Waals surface area contributed by atoms with Crippen molar-refractivity contribution in [3.63, 3.8) is 0 Å². The number of rotatable bonds is 7. The highest BCUT2D eigenvalue weighted by atomic mass is 35.7. The molecule has 0 bridgehead atoms. The normalized spacial score (nSPS) is 12.6. The summed E-state index contributed by atoms with van der Waals surface area (Å²) < 4.78 is 76.5. The lowest BCUT2D eigenvalue weighted by Crippen LogP contribution is -2.45. The van der Waals surface area contributed by atoms with Gasteiger partial charge in [-0.15, -0.1) is 0 Å². The van der Waals surface area contributed by atoms with Gasteiger partial charge in [-0.05, 0) is 48.0 Å². The summed E-state index contributed by atoms with van der Waals surface area (Å²) in [6.07, 6.45) is -5.09. The van der Waals surface area contributed by atoms with Gasteiger partial charge >= 0.3 is 6.18 Å². The van der Waals surface area contributed by atoms with Crippen LogP contribution in [0.1, 0.15) is 21.5 Å². The highest BCUT2D eigenvalue weighted by molar-refractivity contribution is 8.13. The lowest BCUT2D eigenvalue weighted by molar-refractivity contribution is -0.139. The minimum Gasteiger partial charge on any atom is -0.340 e. The van der Waals surface area contributed by atoms with Gasteiger partial charge in [0.05, 0.1) is 10.5 Å². The molecule has 1 unspecified atom stereocenters. The number of hydrogen-bond donors (Lipinski definition) is 2. The van der Waals surface area contributed by atoms with Gasteiger partial charge in [-0.1, -0.05) is 30.3 Å². The van der Waals surface area contributed by atoms with E-state index in [1.165, 1.54) is 12.1 Å². The molecule has 0 saturated carbocycles. The molecule has 12 heteroatoms. The zero-order valence-electron chi connectivity index (χ0n) is 17.6. The standard InChI is InChI=1S/C23H17ClF4N2O4S/c24-35(33,34)20-11-10-17(13-18(20)23(26,27)28)29-22(32)19(12-14-4-2-1-3-5-14)30-21(31)15-6-8-16(25)9-7-15/h1-11,13,19H,12H2,(H,29,32)(H,30,31). The summed E-state index contributed by atoms with van der Waals surface area (Å²) in [7, 11) is 0.395. The Bertz CT molecular complexity index is 1330. The maximum atomic E-state index is 13.4. The second-order valence-corrected chi connectivity index (χ2v) is 9.89. The molecule has 2 amide bonds. The molecule has 0 radical (unpaired) electrons. The number of hydrogen-bond acceptors (Lipinski definition) is 4. The Kier molecular flexibility index (Phi) is 7.81. The van der Waals surface area contributed by atoms with Crippen molar-refractivity contribution in [1.82, 2.24) is 5.32 Å². The Morgan fingerprint density at radius 2 is 1.57 bits per heavy atom. The molecule has 3 aromatic rings. The molecule has 0 saturated heterocycles. The van der Waals surface area contributed by atoms with Crippen molar-refractivity contribution >= 4 is 37.2 Å². The summed E-state index contributed by atoms with van der Waals surface area (Å²) in [6, 6.07) is 13.8. The van der Waals surface area contributed by atoms with Crippen molar-refractivity contribution in [3.05, 3.63) is 95.3 Å². The summed E-state index contributed by atoms with van der Waals surface area (Å²) in [5.74, 6) is -2.14. The van der Waals surface area contributed by atoms with Crippen LogP contribution in [0.2, 0.25) is 0 Å². The van der Waals surface area contributed by atoms with Gasteiger partial charge in [-0.3, -0.25) is 9.59 Å². The third-order valence-corrected chi connectivity index (χ3v) is 6.21. The number of alkyl halides is 3. The molecular weight excluding hydrogens is 512 g/mol. The van der Waals surface area contributed by atoms with E-state index in [0.29, 0.717) is 17.7 Å². The number of anilines is 1. The van der Waals surface area contributed by atoms with Crippen LogP contribution in [0.25, 0.3) is 0 Å². The molecule has 0 aliphatic rings. The quantitative estimate of drug-likeness (QED) is 0.342. The van der Waals surface area contributed by atoms with Crippen LogP contribution in [0.4, 0.5) is 23.2 Å². The van der Waals surface area contributed by atoms with E-state index >= 15 is 0 Å². The van der Waals surface area contributed by atoms with Crippen molar-refractivity contribution < 1.29 is 35.6 Å². The van der Waals surface area contributed by atoms with Crippen LogP contribution >= 0.6 is 10.7 Å². The van der Waals surface area contributed by atoms with Gasteiger partial charge < -0.3 is 10.6 Å². The maximum Gasteiger partial charge on any atom is 0.417 e. The molecule has 3 rings (SSSR count). The van der Waals surface area contributed by atoms with Crippen LogP contribution in [0, 0.1) is 5.82 Å².